The summed E-state index contributed by atoms with van der Waals surface area (Å²) in [5.74, 6) is 0.710. The summed E-state index contributed by atoms with van der Waals surface area (Å²) in [6.45, 7) is 4.66. The number of ether oxygens (including phenoxy) is 1. The van der Waals surface area contributed by atoms with Gasteiger partial charge in [-0.15, -0.1) is 11.3 Å². The Bertz CT molecular complexity index is 931. The molecule has 0 atom stereocenters. The minimum Gasteiger partial charge on any atom is -0.482 e. The van der Waals surface area contributed by atoms with Crippen LogP contribution in [0.25, 0.3) is 11.3 Å². The van der Waals surface area contributed by atoms with Crippen LogP contribution in [0.5, 0.6) is 5.75 Å². The van der Waals surface area contributed by atoms with E-state index in [0.29, 0.717) is 6.54 Å². The molecule has 0 N–H and O–H groups in total. The first-order valence-corrected chi connectivity index (χ1v) is 9.03. The maximum absolute atomic E-state index is 12.5. The van der Waals surface area contributed by atoms with Crippen molar-refractivity contribution in [1.82, 2.24) is 4.98 Å². The highest BCUT2D eigenvalue weighted by molar-refractivity contribution is 7.09. The average Bonchev–Trinajstić information content (AvgIpc) is 3.05. The van der Waals surface area contributed by atoms with Gasteiger partial charge in [0, 0.05) is 10.9 Å². The van der Waals surface area contributed by atoms with Gasteiger partial charge in [-0.3, -0.25) is 4.79 Å². The number of hydrogen-bond acceptors (Lipinski definition) is 4. The van der Waals surface area contributed by atoms with E-state index in [9.17, 15) is 4.79 Å². The van der Waals surface area contributed by atoms with Crippen LogP contribution in [0.15, 0.2) is 47.8 Å². The first-order chi connectivity index (χ1) is 12.1. The van der Waals surface area contributed by atoms with Gasteiger partial charge in [0.2, 0.25) is 0 Å². The van der Waals surface area contributed by atoms with Gasteiger partial charge in [-0.1, -0.05) is 29.8 Å². The van der Waals surface area contributed by atoms with Gasteiger partial charge in [-0.05, 0) is 37.6 Å². The molecule has 0 radical (unpaired) electrons. The number of aryl methyl sites for hydroxylation is 2. The number of amides is 1. The normalized spacial score (nSPS) is 13.5. The quantitative estimate of drug-likeness (QED) is 0.705. The Kier molecular flexibility index (Phi) is 4.01. The summed E-state index contributed by atoms with van der Waals surface area (Å²) in [4.78, 5) is 18.8. The Morgan fingerprint density at radius 1 is 1.16 bits per heavy atom. The Labute approximate surface area is 150 Å². The second-order valence-electron chi connectivity index (χ2n) is 6.19. The fraction of sp³-hybridized carbons (Fsp3) is 0.200. The molecule has 0 spiro atoms. The highest BCUT2D eigenvalue weighted by Crippen LogP contribution is 2.37. The van der Waals surface area contributed by atoms with Gasteiger partial charge in [0.15, 0.2) is 6.61 Å². The van der Waals surface area contributed by atoms with E-state index in [4.69, 9.17) is 4.74 Å². The number of hydrogen-bond donors (Lipinski definition) is 0. The highest BCUT2D eigenvalue weighted by atomic mass is 32.1. The maximum atomic E-state index is 12.5. The van der Waals surface area contributed by atoms with Gasteiger partial charge in [0.25, 0.3) is 5.91 Å². The molecule has 1 aromatic heterocycles. The first-order valence-electron chi connectivity index (χ1n) is 8.15. The topological polar surface area (TPSA) is 42.4 Å². The lowest BCUT2D eigenvalue weighted by Crippen LogP contribution is -2.38. The van der Waals surface area contributed by atoms with Crippen molar-refractivity contribution in [3.8, 4) is 17.0 Å². The third-order valence-electron chi connectivity index (χ3n) is 4.28. The van der Waals surface area contributed by atoms with Crippen LogP contribution in [0.3, 0.4) is 0 Å². The Morgan fingerprint density at radius 2 is 1.96 bits per heavy atom. The number of anilines is 1. The molecular formula is C20H18N2O2S. The average molecular weight is 350 g/mol. The van der Waals surface area contributed by atoms with E-state index in [1.807, 2.05) is 30.5 Å². The second-order valence-corrected chi connectivity index (χ2v) is 7.25. The van der Waals surface area contributed by atoms with E-state index in [1.54, 1.807) is 16.2 Å². The molecule has 1 aliphatic rings. The monoisotopic (exact) mass is 350 g/mol. The zero-order valence-corrected chi connectivity index (χ0v) is 15.0. The molecule has 1 amide bonds. The van der Waals surface area contributed by atoms with Crippen molar-refractivity contribution in [2.75, 3.05) is 11.5 Å². The van der Waals surface area contributed by atoms with Crippen molar-refractivity contribution in [3.63, 3.8) is 0 Å². The Balaban J connectivity index is 1.71. The zero-order valence-electron chi connectivity index (χ0n) is 14.2. The summed E-state index contributed by atoms with van der Waals surface area (Å²) < 4.78 is 5.61. The maximum Gasteiger partial charge on any atom is 0.265 e. The molecule has 2 heterocycles. The summed E-state index contributed by atoms with van der Waals surface area (Å²) in [6.07, 6.45) is 0. The van der Waals surface area contributed by atoms with Gasteiger partial charge < -0.3 is 9.64 Å². The lowest BCUT2D eigenvalue weighted by Gasteiger charge is -2.30. The minimum atomic E-state index is -0.0281. The SMILES string of the molecule is Cc1ccc(CN2C(=O)COc3ccc(-c4csc(C)n4)cc32)cc1. The summed E-state index contributed by atoms with van der Waals surface area (Å²) in [5, 5.41) is 3.06. The number of fused-ring (bicyclic) bond motifs is 1. The smallest absolute Gasteiger partial charge is 0.265 e. The molecule has 0 aliphatic carbocycles. The van der Waals surface area contributed by atoms with E-state index < -0.39 is 0 Å². The molecule has 5 heteroatoms. The van der Waals surface area contributed by atoms with Crippen LogP contribution in [0.2, 0.25) is 0 Å². The van der Waals surface area contributed by atoms with E-state index in [-0.39, 0.29) is 12.5 Å². The first kappa shape index (κ1) is 15.8. The minimum absolute atomic E-state index is 0.0281. The predicted molar refractivity (Wildman–Crippen MR) is 100 cm³/mol. The van der Waals surface area contributed by atoms with Gasteiger partial charge >= 0.3 is 0 Å². The van der Waals surface area contributed by atoms with Gasteiger partial charge in [0.05, 0.1) is 22.9 Å². The van der Waals surface area contributed by atoms with Crippen LogP contribution in [-0.2, 0) is 11.3 Å². The number of aromatic nitrogens is 1. The molecule has 0 fully saturated rings. The molecule has 0 unspecified atom stereocenters. The van der Waals surface area contributed by atoms with Crippen molar-refractivity contribution in [3.05, 3.63) is 64.0 Å². The molecule has 3 aromatic rings. The van der Waals surface area contributed by atoms with E-state index >= 15 is 0 Å². The molecular weight excluding hydrogens is 332 g/mol. The Hall–Kier alpha value is -2.66. The third kappa shape index (κ3) is 3.15. The van der Waals surface area contributed by atoms with Crippen molar-refractivity contribution in [1.29, 1.82) is 0 Å². The van der Waals surface area contributed by atoms with Gasteiger partial charge in [0.1, 0.15) is 5.75 Å². The number of nitrogens with zero attached hydrogens (tertiary/aromatic N) is 2. The predicted octanol–water partition coefficient (Wildman–Crippen LogP) is 4.35. The summed E-state index contributed by atoms with van der Waals surface area (Å²) in [5.41, 5.74) is 5.04. The number of carbonyl (C=O) groups is 1. The lowest BCUT2D eigenvalue weighted by atomic mass is 10.1. The number of thiazole rings is 1. The third-order valence-corrected chi connectivity index (χ3v) is 5.05. The zero-order chi connectivity index (χ0) is 17.4. The van der Waals surface area contributed by atoms with Crippen molar-refractivity contribution in [2.45, 2.75) is 20.4 Å². The summed E-state index contributed by atoms with van der Waals surface area (Å²) >= 11 is 1.62. The molecule has 4 nitrogen and oxygen atoms in total. The van der Waals surface area contributed by atoms with Crippen LogP contribution >= 0.6 is 11.3 Å². The van der Waals surface area contributed by atoms with Crippen molar-refractivity contribution in [2.24, 2.45) is 0 Å². The number of benzene rings is 2. The lowest BCUT2D eigenvalue weighted by molar-refractivity contribution is -0.121. The van der Waals surface area contributed by atoms with Gasteiger partial charge in [-0.2, -0.15) is 0 Å². The van der Waals surface area contributed by atoms with Crippen LogP contribution < -0.4 is 9.64 Å². The summed E-state index contributed by atoms with van der Waals surface area (Å²) in [6, 6.07) is 14.2. The van der Waals surface area contributed by atoms with E-state index in [1.165, 1.54) is 5.56 Å². The van der Waals surface area contributed by atoms with Crippen molar-refractivity contribution >= 4 is 22.9 Å². The summed E-state index contributed by atoms with van der Waals surface area (Å²) in [7, 11) is 0. The molecule has 126 valence electrons. The molecule has 1 aliphatic heterocycles. The molecule has 4 rings (SSSR count). The molecule has 25 heavy (non-hydrogen) atoms. The number of rotatable bonds is 3. The fourth-order valence-electron chi connectivity index (χ4n) is 2.91. The van der Waals surface area contributed by atoms with Gasteiger partial charge in [-0.25, -0.2) is 4.98 Å². The highest BCUT2D eigenvalue weighted by Gasteiger charge is 2.26. The molecule has 2 aromatic carbocycles. The van der Waals surface area contributed by atoms with Crippen LogP contribution in [0.4, 0.5) is 5.69 Å². The molecule has 0 saturated heterocycles. The van der Waals surface area contributed by atoms with E-state index in [2.05, 4.69) is 36.2 Å². The number of carbonyl (C=O) groups excluding carboxylic acids is 1. The standard InChI is InChI=1S/C20H18N2O2S/c1-13-3-5-15(6-4-13)10-22-18-9-16(17-12-25-14(2)21-17)7-8-19(18)24-11-20(22)23/h3-9,12H,10-11H2,1-2H3. The molecule has 0 saturated carbocycles. The second kappa shape index (κ2) is 6.33. The molecule has 0 bridgehead atoms. The van der Waals surface area contributed by atoms with Crippen LogP contribution in [-0.4, -0.2) is 17.5 Å². The van der Waals surface area contributed by atoms with Crippen LogP contribution in [0, 0.1) is 13.8 Å². The fourth-order valence-corrected chi connectivity index (χ4v) is 3.53. The van der Waals surface area contributed by atoms with Crippen LogP contribution in [0.1, 0.15) is 16.1 Å². The largest absolute Gasteiger partial charge is 0.482 e. The van der Waals surface area contributed by atoms with E-state index in [0.717, 1.165) is 33.3 Å². The Morgan fingerprint density at radius 3 is 2.68 bits per heavy atom. The van der Waals surface area contributed by atoms with Crippen molar-refractivity contribution < 1.29 is 9.53 Å².